The maximum Gasteiger partial charge on any atom is 0.317 e. The second-order valence-corrected chi connectivity index (χ2v) is 5.06. The summed E-state index contributed by atoms with van der Waals surface area (Å²) in [6.45, 7) is 13.4. The Bertz CT molecular complexity index is 426. The molecule has 0 spiro atoms. The van der Waals surface area contributed by atoms with Crippen LogP contribution in [0.4, 0.5) is 4.79 Å². The number of nitrogens with one attached hydrogen (secondary N) is 1. The average molecular weight is 291 g/mol. The van der Waals surface area contributed by atoms with Crippen LogP contribution in [0.25, 0.3) is 0 Å². The van der Waals surface area contributed by atoms with Gasteiger partial charge >= 0.3 is 6.03 Å². The molecule has 0 aliphatic rings. The second-order valence-electron chi connectivity index (χ2n) is 5.06. The molecule has 4 nitrogen and oxygen atoms in total. The van der Waals surface area contributed by atoms with Crippen molar-refractivity contribution in [2.45, 2.75) is 40.8 Å². The van der Waals surface area contributed by atoms with Gasteiger partial charge in [0, 0.05) is 26.2 Å². The van der Waals surface area contributed by atoms with Gasteiger partial charge in [0.25, 0.3) is 0 Å². The normalized spacial score (nSPS) is 10.7. The monoisotopic (exact) mass is 291 g/mol. The van der Waals surface area contributed by atoms with Crippen molar-refractivity contribution in [3.8, 4) is 0 Å². The third-order valence-electron chi connectivity index (χ3n) is 3.89. The maximum absolute atomic E-state index is 12.0. The molecule has 0 fully saturated rings. The Labute approximate surface area is 129 Å². The number of urea groups is 1. The van der Waals surface area contributed by atoms with Crippen LogP contribution in [0.3, 0.4) is 0 Å². The molecule has 21 heavy (non-hydrogen) atoms. The Kier molecular flexibility index (Phi) is 7.83. The van der Waals surface area contributed by atoms with Crippen LogP contribution in [0.1, 0.15) is 38.8 Å². The van der Waals surface area contributed by atoms with Crippen LogP contribution in [-0.2, 0) is 13.1 Å². The summed E-state index contributed by atoms with van der Waals surface area (Å²) in [4.78, 5) is 16.2. The summed E-state index contributed by atoms with van der Waals surface area (Å²) >= 11 is 0. The number of carbonyl (C=O) groups is 1. The summed E-state index contributed by atoms with van der Waals surface area (Å²) < 4.78 is 0. The standard InChI is InChI=1S/C17H29N3O/c1-5-19(6-2)14-16-12-10-9-11-15(16)13-18-17(21)20(7-3)8-4/h9-12H,5-8,13-14H2,1-4H3,(H,18,21). The molecule has 1 rings (SSSR count). The van der Waals surface area contributed by atoms with Crippen LogP contribution < -0.4 is 5.32 Å². The molecule has 4 heteroatoms. The molecule has 0 aliphatic heterocycles. The molecular weight excluding hydrogens is 262 g/mol. The Balaban J connectivity index is 2.68. The molecule has 0 saturated heterocycles. The SMILES string of the molecule is CCN(CC)Cc1ccccc1CNC(=O)N(CC)CC. The quantitative estimate of drug-likeness (QED) is 0.799. The van der Waals surface area contributed by atoms with Crippen molar-refractivity contribution in [2.24, 2.45) is 0 Å². The number of benzene rings is 1. The molecule has 0 saturated carbocycles. The van der Waals surface area contributed by atoms with E-state index in [0.29, 0.717) is 6.54 Å². The molecule has 0 bridgehead atoms. The van der Waals surface area contributed by atoms with Crippen molar-refractivity contribution in [2.75, 3.05) is 26.2 Å². The first kappa shape index (κ1) is 17.5. The minimum absolute atomic E-state index is 0.0117. The zero-order valence-electron chi connectivity index (χ0n) is 13.9. The molecule has 0 aromatic heterocycles. The number of hydrogen-bond donors (Lipinski definition) is 1. The van der Waals surface area contributed by atoms with Gasteiger partial charge in [-0.05, 0) is 38.1 Å². The smallest absolute Gasteiger partial charge is 0.317 e. The van der Waals surface area contributed by atoms with E-state index in [1.165, 1.54) is 11.1 Å². The van der Waals surface area contributed by atoms with Crippen LogP contribution in [0.5, 0.6) is 0 Å². The third-order valence-corrected chi connectivity index (χ3v) is 3.89. The Hall–Kier alpha value is -1.55. The number of hydrogen-bond acceptors (Lipinski definition) is 2. The number of carbonyl (C=O) groups excluding carboxylic acids is 1. The number of amides is 2. The summed E-state index contributed by atoms with van der Waals surface area (Å²) in [5.74, 6) is 0. The average Bonchev–Trinajstić information content (AvgIpc) is 2.52. The van der Waals surface area contributed by atoms with E-state index in [-0.39, 0.29) is 6.03 Å². The van der Waals surface area contributed by atoms with Gasteiger partial charge in [-0.15, -0.1) is 0 Å². The van der Waals surface area contributed by atoms with Gasteiger partial charge in [-0.3, -0.25) is 4.90 Å². The molecule has 0 radical (unpaired) electrons. The largest absolute Gasteiger partial charge is 0.334 e. The minimum atomic E-state index is 0.0117. The van der Waals surface area contributed by atoms with Crippen molar-refractivity contribution in [3.05, 3.63) is 35.4 Å². The fourth-order valence-electron chi connectivity index (χ4n) is 2.37. The molecule has 1 aromatic rings. The zero-order valence-corrected chi connectivity index (χ0v) is 13.9. The van der Waals surface area contributed by atoms with Gasteiger partial charge in [0.05, 0.1) is 0 Å². The van der Waals surface area contributed by atoms with E-state index in [1.54, 1.807) is 4.90 Å². The summed E-state index contributed by atoms with van der Waals surface area (Å²) in [5, 5.41) is 3.02. The lowest BCUT2D eigenvalue weighted by atomic mass is 10.1. The van der Waals surface area contributed by atoms with Gasteiger partial charge in [-0.1, -0.05) is 38.1 Å². The molecule has 2 amide bonds. The highest BCUT2D eigenvalue weighted by Gasteiger charge is 2.10. The first-order valence-corrected chi connectivity index (χ1v) is 7.98. The molecule has 118 valence electrons. The van der Waals surface area contributed by atoms with E-state index in [9.17, 15) is 4.79 Å². The van der Waals surface area contributed by atoms with Crippen molar-refractivity contribution >= 4 is 6.03 Å². The lowest BCUT2D eigenvalue weighted by Crippen LogP contribution is -2.39. The van der Waals surface area contributed by atoms with Gasteiger partial charge in [0.1, 0.15) is 0 Å². The molecule has 1 aromatic carbocycles. The van der Waals surface area contributed by atoms with Gasteiger partial charge in [-0.2, -0.15) is 0 Å². The highest BCUT2D eigenvalue weighted by Crippen LogP contribution is 2.11. The van der Waals surface area contributed by atoms with E-state index < -0.39 is 0 Å². The van der Waals surface area contributed by atoms with Crippen molar-refractivity contribution in [1.82, 2.24) is 15.1 Å². The van der Waals surface area contributed by atoms with Crippen LogP contribution in [0.2, 0.25) is 0 Å². The Morgan fingerprint density at radius 2 is 1.52 bits per heavy atom. The number of nitrogens with zero attached hydrogens (tertiary/aromatic N) is 2. The summed E-state index contributed by atoms with van der Waals surface area (Å²) in [5.41, 5.74) is 2.49. The third kappa shape index (κ3) is 5.38. The van der Waals surface area contributed by atoms with E-state index in [1.807, 2.05) is 19.9 Å². The number of rotatable bonds is 8. The van der Waals surface area contributed by atoms with Crippen LogP contribution in [-0.4, -0.2) is 42.0 Å². The summed E-state index contributed by atoms with van der Waals surface area (Å²) in [6.07, 6.45) is 0. The fraction of sp³-hybridized carbons (Fsp3) is 0.588. The fourth-order valence-corrected chi connectivity index (χ4v) is 2.37. The van der Waals surface area contributed by atoms with E-state index in [4.69, 9.17) is 0 Å². The highest BCUT2D eigenvalue weighted by molar-refractivity contribution is 5.74. The molecular formula is C17H29N3O. The predicted octanol–water partition coefficient (Wildman–Crippen LogP) is 3.08. The molecule has 0 aliphatic carbocycles. The van der Waals surface area contributed by atoms with Crippen molar-refractivity contribution in [1.29, 1.82) is 0 Å². The predicted molar refractivity (Wildman–Crippen MR) is 88.2 cm³/mol. The van der Waals surface area contributed by atoms with Crippen molar-refractivity contribution in [3.63, 3.8) is 0 Å². The van der Waals surface area contributed by atoms with Crippen LogP contribution in [0.15, 0.2) is 24.3 Å². The van der Waals surface area contributed by atoms with Gasteiger partial charge < -0.3 is 10.2 Å². The van der Waals surface area contributed by atoms with Gasteiger partial charge in [0.2, 0.25) is 0 Å². The van der Waals surface area contributed by atoms with Gasteiger partial charge in [-0.25, -0.2) is 4.79 Å². The molecule has 0 heterocycles. The van der Waals surface area contributed by atoms with E-state index >= 15 is 0 Å². The molecule has 0 atom stereocenters. The Morgan fingerprint density at radius 1 is 0.952 bits per heavy atom. The first-order valence-electron chi connectivity index (χ1n) is 7.98. The van der Waals surface area contributed by atoms with E-state index in [0.717, 1.165) is 32.7 Å². The van der Waals surface area contributed by atoms with Crippen LogP contribution >= 0.6 is 0 Å². The summed E-state index contributed by atoms with van der Waals surface area (Å²) in [6, 6.07) is 8.36. The lowest BCUT2D eigenvalue weighted by Gasteiger charge is -2.22. The second kappa shape index (κ2) is 9.40. The molecule has 1 N–H and O–H groups in total. The lowest BCUT2D eigenvalue weighted by molar-refractivity contribution is 0.202. The molecule has 0 unspecified atom stereocenters. The van der Waals surface area contributed by atoms with Crippen molar-refractivity contribution < 1.29 is 4.79 Å². The topological polar surface area (TPSA) is 35.6 Å². The van der Waals surface area contributed by atoms with E-state index in [2.05, 4.69) is 42.3 Å². The first-order chi connectivity index (χ1) is 10.2. The highest BCUT2D eigenvalue weighted by atomic mass is 16.2. The minimum Gasteiger partial charge on any atom is -0.334 e. The van der Waals surface area contributed by atoms with Gasteiger partial charge in [0.15, 0.2) is 0 Å². The Morgan fingerprint density at radius 3 is 2.05 bits per heavy atom. The maximum atomic E-state index is 12.0. The van der Waals surface area contributed by atoms with Crippen LogP contribution in [0, 0.1) is 0 Å². The zero-order chi connectivity index (χ0) is 15.7. The summed E-state index contributed by atoms with van der Waals surface area (Å²) in [7, 11) is 0.